The van der Waals surface area contributed by atoms with E-state index in [0.717, 1.165) is 18.5 Å². The fraction of sp³-hybridized carbons (Fsp3) is 1.00. The maximum Gasteiger partial charge on any atom is 0.0199 e. The van der Waals surface area contributed by atoms with Gasteiger partial charge in [-0.05, 0) is 65.3 Å². The zero-order chi connectivity index (χ0) is 14.3. The minimum Gasteiger partial charge on any atom is -0.310 e. The summed E-state index contributed by atoms with van der Waals surface area (Å²) in [5.41, 5.74) is 0. The van der Waals surface area contributed by atoms with Gasteiger partial charge in [-0.15, -0.1) is 0 Å². The summed E-state index contributed by atoms with van der Waals surface area (Å²) in [6, 6.07) is 1.37. The Morgan fingerprint density at radius 2 is 1.95 bits per heavy atom. The highest BCUT2D eigenvalue weighted by Gasteiger charge is 2.20. The molecule has 0 aromatic carbocycles. The molecule has 3 heteroatoms. The number of hydrogen-bond donors (Lipinski definition) is 1. The molecule has 0 aromatic heterocycles. The van der Waals surface area contributed by atoms with Crippen LogP contribution in [0.5, 0.6) is 0 Å². The summed E-state index contributed by atoms with van der Waals surface area (Å²) in [5, 5.41) is 3.93. The van der Waals surface area contributed by atoms with E-state index in [0.29, 0.717) is 6.04 Å². The second-order valence-electron chi connectivity index (χ2n) is 6.82. The summed E-state index contributed by atoms with van der Waals surface area (Å²) >= 11 is 0. The van der Waals surface area contributed by atoms with E-state index in [1.165, 1.54) is 45.3 Å². The first-order chi connectivity index (χ1) is 9.01. The van der Waals surface area contributed by atoms with Crippen LogP contribution in [0.3, 0.4) is 0 Å². The number of rotatable bonds is 7. The van der Waals surface area contributed by atoms with Crippen molar-refractivity contribution in [1.29, 1.82) is 0 Å². The van der Waals surface area contributed by atoms with Crippen LogP contribution in [0.2, 0.25) is 0 Å². The maximum absolute atomic E-state index is 3.93. The van der Waals surface area contributed by atoms with Gasteiger partial charge in [0.25, 0.3) is 0 Å². The Morgan fingerprint density at radius 1 is 1.21 bits per heavy atom. The third-order valence-corrected chi connectivity index (χ3v) is 4.08. The van der Waals surface area contributed by atoms with Crippen LogP contribution in [-0.4, -0.2) is 62.2 Å². The van der Waals surface area contributed by atoms with E-state index in [2.05, 4.69) is 50.0 Å². The first-order valence-electron chi connectivity index (χ1n) is 8.14. The van der Waals surface area contributed by atoms with Gasteiger partial charge in [0.05, 0.1) is 0 Å². The van der Waals surface area contributed by atoms with E-state index in [4.69, 9.17) is 0 Å². The molecule has 1 aliphatic heterocycles. The van der Waals surface area contributed by atoms with Crippen molar-refractivity contribution < 1.29 is 0 Å². The Labute approximate surface area is 120 Å². The van der Waals surface area contributed by atoms with E-state index in [1.54, 1.807) is 0 Å². The molecule has 0 radical (unpaired) electrons. The fourth-order valence-electron chi connectivity index (χ4n) is 3.18. The highest BCUT2D eigenvalue weighted by molar-refractivity contribution is 4.80. The summed E-state index contributed by atoms with van der Waals surface area (Å²) in [6.07, 6.45) is 5.29. The summed E-state index contributed by atoms with van der Waals surface area (Å²) in [6.45, 7) is 11.9. The molecule has 0 aliphatic carbocycles. The third-order valence-electron chi connectivity index (χ3n) is 4.08. The van der Waals surface area contributed by atoms with Crippen molar-refractivity contribution in [3.8, 4) is 0 Å². The first-order valence-corrected chi connectivity index (χ1v) is 8.14. The summed E-state index contributed by atoms with van der Waals surface area (Å²) in [4.78, 5) is 4.90. The molecule has 1 saturated heterocycles. The smallest absolute Gasteiger partial charge is 0.0199 e. The average molecular weight is 269 g/mol. The van der Waals surface area contributed by atoms with E-state index in [9.17, 15) is 0 Å². The van der Waals surface area contributed by atoms with Gasteiger partial charge in [-0.3, -0.25) is 0 Å². The van der Waals surface area contributed by atoms with Crippen molar-refractivity contribution in [3.05, 3.63) is 0 Å². The Hall–Kier alpha value is -0.120. The molecule has 114 valence electrons. The van der Waals surface area contributed by atoms with Crippen molar-refractivity contribution in [2.45, 2.75) is 58.5 Å². The van der Waals surface area contributed by atoms with Crippen LogP contribution in [0.25, 0.3) is 0 Å². The zero-order valence-electron chi connectivity index (χ0n) is 13.8. The van der Waals surface area contributed by atoms with Crippen LogP contribution in [0, 0.1) is 5.92 Å². The lowest BCUT2D eigenvalue weighted by Gasteiger charge is -2.28. The SMILES string of the molecule is CCN1CCCC(NC(CC(C)C)CN(C)C)CC1. The molecule has 3 nitrogen and oxygen atoms in total. The number of hydrogen-bond acceptors (Lipinski definition) is 3. The number of nitrogens with zero attached hydrogens (tertiary/aromatic N) is 2. The molecule has 19 heavy (non-hydrogen) atoms. The molecule has 1 fully saturated rings. The summed E-state index contributed by atoms with van der Waals surface area (Å²) < 4.78 is 0. The van der Waals surface area contributed by atoms with E-state index < -0.39 is 0 Å². The maximum atomic E-state index is 3.93. The van der Waals surface area contributed by atoms with E-state index in [-0.39, 0.29) is 0 Å². The second kappa shape index (κ2) is 8.93. The minimum absolute atomic E-state index is 0.646. The molecular formula is C16H35N3. The molecule has 0 spiro atoms. The lowest BCUT2D eigenvalue weighted by atomic mass is 10.0. The van der Waals surface area contributed by atoms with Gasteiger partial charge in [-0.2, -0.15) is 0 Å². The van der Waals surface area contributed by atoms with Crippen LogP contribution < -0.4 is 5.32 Å². The topological polar surface area (TPSA) is 18.5 Å². The Bertz CT molecular complexity index is 218. The monoisotopic (exact) mass is 269 g/mol. The van der Waals surface area contributed by atoms with E-state index in [1.807, 2.05) is 0 Å². The molecule has 0 bridgehead atoms. The third kappa shape index (κ3) is 7.28. The molecule has 0 saturated carbocycles. The van der Waals surface area contributed by atoms with Gasteiger partial charge in [0, 0.05) is 18.6 Å². The Balaban J connectivity index is 2.43. The van der Waals surface area contributed by atoms with Gasteiger partial charge in [-0.1, -0.05) is 20.8 Å². The average Bonchev–Trinajstić information content (AvgIpc) is 2.52. The van der Waals surface area contributed by atoms with Crippen LogP contribution in [0.4, 0.5) is 0 Å². The van der Waals surface area contributed by atoms with Crippen LogP contribution in [-0.2, 0) is 0 Å². The molecule has 2 atom stereocenters. The predicted octanol–water partition coefficient (Wildman–Crippen LogP) is 2.43. The van der Waals surface area contributed by atoms with Crippen molar-refractivity contribution in [2.24, 2.45) is 5.92 Å². The first kappa shape index (κ1) is 16.9. The highest BCUT2D eigenvalue weighted by Crippen LogP contribution is 2.14. The zero-order valence-corrected chi connectivity index (χ0v) is 13.8. The number of nitrogens with one attached hydrogen (secondary N) is 1. The molecule has 0 amide bonds. The van der Waals surface area contributed by atoms with Gasteiger partial charge in [-0.25, -0.2) is 0 Å². The Kier molecular flexibility index (Phi) is 7.96. The van der Waals surface area contributed by atoms with Crippen molar-refractivity contribution >= 4 is 0 Å². The fourth-order valence-corrected chi connectivity index (χ4v) is 3.18. The van der Waals surface area contributed by atoms with Crippen LogP contribution >= 0.6 is 0 Å². The number of likely N-dealkylation sites (N-methyl/N-ethyl adjacent to an activating group) is 1. The molecule has 1 heterocycles. The molecule has 1 rings (SSSR count). The van der Waals surface area contributed by atoms with Crippen molar-refractivity contribution in [1.82, 2.24) is 15.1 Å². The standard InChI is InChI=1S/C16H35N3/c1-6-19-10-7-8-15(9-11-19)17-16(12-14(2)3)13-18(4)5/h14-17H,6-13H2,1-5H3. The highest BCUT2D eigenvalue weighted by atomic mass is 15.1. The summed E-state index contributed by atoms with van der Waals surface area (Å²) in [7, 11) is 4.36. The predicted molar refractivity (Wildman–Crippen MR) is 84.7 cm³/mol. The van der Waals surface area contributed by atoms with Crippen molar-refractivity contribution in [2.75, 3.05) is 40.3 Å². The van der Waals surface area contributed by atoms with Crippen LogP contribution in [0.15, 0.2) is 0 Å². The molecule has 2 unspecified atom stereocenters. The Morgan fingerprint density at radius 3 is 2.53 bits per heavy atom. The quantitative estimate of drug-likeness (QED) is 0.766. The molecular weight excluding hydrogens is 234 g/mol. The van der Waals surface area contributed by atoms with E-state index >= 15 is 0 Å². The molecule has 1 N–H and O–H groups in total. The van der Waals surface area contributed by atoms with Gasteiger partial charge in [0.1, 0.15) is 0 Å². The van der Waals surface area contributed by atoms with Gasteiger partial charge < -0.3 is 15.1 Å². The minimum atomic E-state index is 0.646. The lowest BCUT2D eigenvalue weighted by Crippen LogP contribution is -2.45. The molecule has 1 aliphatic rings. The van der Waals surface area contributed by atoms with Crippen molar-refractivity contribution in [3.63, 3.8) is 0 Å². The molecule has 0 aromatic rings. The summed E-state index contributed by atoms with van der Waals surface area (Å²) in [5.74, 6) is 0.773. The second-order valence-corrected chi connectivity index (χ2v) is 6.82. The van der Waals surface area contributed by atoms with Gasteiger partial charge in [0.2, 0.25) is 0 Å². The van der Waals surface area contributed by atoms with Gasteiger partial charge >= 0.3 is 0 Å². The normalized spacial score (nSPS) is 23.8. The van der Waals surface area contributed by atoms with Gasteiger partial charge in [0.15, 0.2) is 0 Å². The number of likely N-dealkylation sites (tertiary alicyclic amines) is 1. The van der Waals surface area contributed by atoms with Crippen LogP contribution in [0.1, 0.15) is 46.5 Å². The largest absolute Gasteiger partial charge is 0.310 e. The lowest BCUT2D eigenvalue weighted by molar-refractivity contribution is 0.269.